The van der Waals surface area contributed by atoms with E-state index in [0.717, 1.165) is 6.42 Å². The molecule has 0 aromatic rings. The van der Waals surface area contributed by atoms with Gasteiger partial charge in [-0.3, -0.25) is 19.2 Å². The maximum Gasteiger partial charge on any atom is 0.534 e. The van der Waals surface area contributed by atoms with Crippen LogP contribution >= 0.6 is 0 Å². The summed E-state index contributed by atoms with van der Waals surface area (Å²) in [5, 5.41) is 9.89. The van der Waals surface area contributed by atoms with Gasteiger partial charge < -0.3 is 19.3 Å². The van der Waals surface area contributed by atoms with Gasteiger partial charge in [-0.1, -0.05) is 45.3 Å². The van der Waals surface area contributed by atoms with E-state index in [9.17, 15) is 29.2 Å². The van der Waals surface area contributed by atoms with Gasteiger partial charge in [-0.15, -0.1) is 0 Å². The van der Waals surface area contributed by atoms with Crippen LogP contribution in [0.1, 0.15) is 53.4 Å². The lowest BCUT2D eigenvalue weighted by Gasteiger charge is -2.40. The van der Waals surface area contributed by atoms with Crippen LogP contribution in [0.3, 0.4) is 0 Å². The van der Waals surface area contributed by atoms with Gasteiger partial charge in [0.2, 0.25) is 0 Å². The standard InChI is InChI=1S/C23H32N4O8/c1-5-6-11-33-21(31)25-9-10-26(20(30)16(13-24)12-23(2,3)4)17(14-25)15-34-22(32)35-27-18(28)7-8-19(27)29/h12,17H,5-11,14-15H2,1-4H3. The van der Waals surface area contributed by atoms with Crippen LogP contribution in [0.25, 0.3) is 0 Å². The minimum atomic E-state index is -1.30. The molecule has 0 saturated carbocycles. The molecule has 2 heterocycles. The number of nitrogens with zero attached hydrogens (tertiary/aromatic N) is 4. The van der Waals surface area contributed by atoms with E-state index in [1.165, 1.54) is 9.80 Å². The first-order valence-corrected chi connectivity index (χ1v) is 11.5. The third-order valence-electron chi connectivity index (χ3n) is 5.22. The van der Waals surface area contributed by atoms with Crippen molar-refractivity contribution < 1.29 is 38.3 Å². The van der Waals surface area contributed by atoms with Crippen LogP contribution in [-0.2, 0) is 28.7 Å². The summed E-state index contributed by atoms with van der Waals surface area (Å²) in [6, 6.07) is 1.10. The molecule has 2 aliphatic heterocycles. The molecule has 4 amide bonds. The fourth-order valence-electron chi connectivity index (χ4n) is 3.48. The Morgan fingerprint density at radius 1 is 1.11 bits per heavy atom. The second-order valence-corrected chi connectivity index (χ2v) is 9.34. The molecule has 2 saturated heterocycles. The predicted molar refractivity (Wildman–Crippen MR) is 120 cm³/mol. The zero-order valence-corrected chi connectivity index (χ0v) is 20.6. The van der Waals surface area contributed by atoms with Crippen molar-refractivity contribution in [1.29, 1.82) is 5.26 Å². The number of hydrogen-bond donors (Lipinski definition) is 0. The molecule has 1 unspecified atom stereocenters. The number of hydrogen-bond acceptors (Lipinski definition) is 9. The molecule has 35 heavy (non-hydrogen) atoms. The summed E-state index contributed by atoms with van der Waals surface area (Å²) < 4.78 is 10.3. The fraction of sp³-hybridized carbons (Fsp3) is 0.652. The first kappa shape index (κ1) is 27.6. The lowest BCUT2D eigenvalue weighted by molar-refractivity contribution is -0.177. The van der Waals surface area contributed by atoms with E-state index in [4.69, 9.17) is 14.3 Å². The minimum absolute atomic E-state index is 0.0141. The average molecular weight is 493 g/mol. The summed E-state index contributed by atoms with van der Waals surface area (Å²) in [5.41, 5.74) is -0.506. The lowest BCUT2D eigenvalue weighted by Crippen LogP contribution is -2.58. The Hall–Kier alpha value is -3.62. The summed E-state index contributed by atoms with van der Waals surface area (Å²) >= 11 is 0. The average Bonchev–Trinajstić information content (AvgIpc) is 3.12. The van der Waals surface area contributed by atoms with Crippen LogP contribution in [0.4, 0.5) is 9.59 Å². The zero-order valence-electron chi connectivity index (χ0n) is 20.6. The van der Waals surface area contributed by atoms with Crippen molar-refractivity contribution in [3.63, 3.8) is 0 Å². The number of carbonyl (C=O) groups excluding carboxylic acids is 5. The Morgan fingerprint density at radius 3 is 2.34 bits per heavy atom. The van der Waals surface area contributed by atoms with Crippen LogP contribution < -0.4 is 0 Å². The normalized spacial score (nSPS) is 18.9. The lowest BCUT2D eigenvalue weighted by atomic mass is 9.93. The highest BCUT2D eigenvalue weighted by Gasteiger charge is 2.37. The Labute approximate surface area is 204 Å². The third kappa shape index (κ3) is 7.98. The van der Waals surface area contributed by atoms with Crippen LogP contribution in [-0.4, -0.2) is 83.7 Å². The van der Waals surface area contributed by atoms with Gasteiger partial charge in [0.1, 0.15) is 18.2 Å². The van der Waals surface area contributed by atoms with Crippen molar-refractivity contribution in [2.45, 2.75) is 59.4 Å². The quantitative estimate of drug-likeness (QED) is 0.171. The molecule has 0 radical (unpaired) electrons. The van der Waals surface area contributed by atoms with E-state index in [-0.39, 0.29) is 44.7 Å². The van der Waals surface area contributed by atoms with Crippen molar-refractivity contribution in [2.75, 3.05) is 32.8 Å². The Kier molecular flexibility index (Phi) is 9.62. The number of hydroxylamine groups is 2. The molecule has 2 aliphatic rings. The fourth-order valence-corrected chi connectivity index (χ4v) is 3.48. The smallest absolute Gasteiger partial charge is 0.449 e. The number of nitriles is 1. The number of ether oxygens (including phenoxy) is 2. The molecule has 192 valence electrons. The van der Waals surface area contributed by atoms with Gasteiger partial charge in [-0.2, -0.15) is 5.26 Å². The van der Waals surface area contributed by atoms with E-state index in [1.807, 2.05) is 33.8 Å². The van der Waals surface area contributed by atoms with Gasteiger partial charge >= 0.3 is 12.2 Å². The van der Waals surface area contributed by atoms with Crippen molar-refractivity contribution in [1.82, 2.24) is 14.9 Å². The maximum atomic E-state index is 13.1. The molecular weight excluding hydrogens is 460 g/mol. The summed E-state index contributed by atoms with van der Waals surface area (Å²) in [6.07, 6.45) is 1.13. The highest BCUT2D eigenvalue weighted by atomic mass is 16.8. The van der Waals surface area contributed by atoms with Crippen LogP contribution in [0, 0.1) is 16.7 Å². The van der Waals surface area contributed by atoms with Crippen molar-refractivity contribution in [2.24, 2.45) is 5.41 Å². The van der Waals surface area contributed by atoms with Crippen molar-refractivity contribution in [3.05, 3.63) is 11.6 Å². The van der Waals surface area contributed by atoms with Gasteiger partial charge in [0.25, 0.3) is 17.7 Å². The van der Waals surface area contributed by atoms with E-state index in [1.54, 1.807) is 6.08 Å². The third-order valence-corrected chi connectivity index (χ3v) is 5.22. The molecule has 12 heteroatoms. The number of unbranched alkanes of at least 4 members (excludes halogenated alkanes) is 1. The molecule has 2 rings (SSSR count). The number of rotatable bonds is 7. The summed E-state index contributed by atoms with van der Waals surface area (Å²) in [4.78, 5) is 68.4. The van der Waals surface area contributed by atoms with Gasteiger partial charge in [0, 0.05) is 32.5 Å². The molecule has 12 nitrogen and oxygen atoms in total. The number of allylic oxidation sites excluding steroid dienone is 1. The van der Waals surface area contributed by atoms with Crippen LogP contribution in [0.15, 0.2) is 11.6 Å². The number of imide groups is 1. The van der Waals surface area contributed by atoms with E-state index in [2.05, 4.69) is 0 Å². The first-order valence-electron chi connectivity index (χ1n) is 11.5. The summed E-state index contributed by atoms with van der Waals surface area (Å²) in [5.74, 6) is -1.88. The maximum absolute atomic E-state index is 13.1. The van der Waals surface area contributed by atoms with E-state index < -0.39 is 48.0 Å². The Morgan fingerprint density at radius 2 is 1.77 bits per heavy atom. The second kappa shape index (κ2) is 12.2. The number of piperazine rings is 1. The molecule has 1 atom stereocenters. The first-order chi connectivity index (χ1) is 16.5. The highest BCUT2D eigenvalue weighted by molar-refractivity contribution is 6.01. The number of amides is 4. The van der Waals surface area contributed by atoms with Gasteiger partial charge in [-0.25, -0.2) is 9.59 Å². The molecule has 0 bridgehead atoms. The molecule has 0 aromatic heterocycles. The van der Waals surface area contributed by atoms with Crippen LogP contribution in [0.2, 0.25) is 0 Å². The predicted octanol–water partition coefficient (Wildman–Crippen LogP) is 2.15. The molecule has 2 fully saturated rings. The van der Waals surface area contributed by atoms with Gasteiger partial charge in [0.05, 0.1) is 12.6 Å². The molecule has 0 aromatic carbocycles. The Balaban J connectivity index is 2.13. The Bertz CT molecular complexity index is 901. The van der Waals surface area contributed by atoms with Crippen LogP contribution in [0.5, 0.6) is 0 Å². The minimum Gasteiger partial charge on any atom is -0.449 e. The molecular formula is C23H32N4O8. The summed E-state index contributed by atoms with van der Waals surface area (Å²) in [6.45, 7) is 7.60. The molecule has 0 N–H and O–H groups in total. The van der Waals surface area contributed by atoms with Crippen molar-refractivity contribution in [3.8, 4) is 6.07 Å². The number of carbonyl (C=O) groups is 5. The highest BCUT2D eigenvalue weighted by Crippen LogP contribution is 2.21. The zero-order chi connectivity index (χ0) is 26.2. The monoisotopic (exact) mass is 492 g/mol. The SMILES string of the molecule is CCCCOC(=O)N1CCN(C(=O)C(C#N)=CC(C)(C)C)C(COC(=O)ON2C(=O)CCC2=O)C1. The van der Waals surface area contributed by atoms with Crippen molar-refractivity contribution >= 4 is 30.0 Å². The molecule has 0 aliphatic carbocycles. The van der Waals surface area contributed by atoms with Gasteiger partial charge in [-0.05, 0) is 11.8 Å². The molecule has 0 spiro atoms. The van der Waals surface area contributed by atoms with E-state index in [0.29, 0.717) is 11.5 Å². The topological polar surface area (TPSA) is 147 Å². The van der Waals surface area contributed by atoms with E-state index >= 15 is 0 Å². The second-order valence-electron chi connectivity index (χ2n) is 9.34. The largest absolute Gasteiger partial charge is 0.534 e. The van der Waals surface area contributed by atoms with Gasteiger partial charge in [0.15, 0.2) is 0 Å². The summed E-state index contributed by atoms with van der Waals surface area (Å²) in [7, 11) is 0.